The first kappa shape index (κ1) is 18.6. The highest BCUT2D eigenvalue weighted by molar-refractivity contribution is 5.87. The number of carbonyl (C=O) groups is 1. The summed E-state index contributed by atoms with van der Waals surface area (Å²) in [5, 5.41) is 0. The molecule has 1 aliphatic rings. The zero-order chi connectivity index (χ0) is 18.4. The maximum Gasteiger partial charge on any atom is 0.373 e. The van der Waals surface area contributed by atoms with Crippen molar-refractivity contribution < 1.29 is 18.7 Å². The Bertz CT molecular complexity index is 712. The van der Waals surface area contributed by atoms with E-state index in [1.807, 2.05) is 24.3 Å². The van der Waals surface area contributed by atoms with Gasteiger partial charge < -0.3 is 13.9 Å². The summed E-state index contributed by atoms with van der Waals surface area (Å²) in [7, 11) is 1.34. The number of hydrogen-bond acceptors (Lipinski definition) is 4. The number of esters is 1. The van der Waals surface area contributed by atoms with Gasteiger partial charge in [-0.2, -0.15) is 0 Å². The summed E-state index contributed by atoms with van der Waals surface area (Å²) >= 11 is 0. The van der Waals surface area contributed by atoms with Crippen molar-refractivity contribution in [2.75, 3.05) is 13.7 Å². The molecule has 1 unspecified atom stereocenters. The van der Waals surface area contributed by atoms with Crippen LogP contribution in [0.5, 0.6) is 5.75 Å². The van der Waals surface area contributed by atoms with Gasteiger partial charge in [-0.3, -0.25) is 0 Å². The van der Waals surface area contributed by atoms with E-state index in [0.29, 0.717) is 11.7 Å². The van der Waals surface area contributed by atoms with E-state index in [4.69, 9.17) is 9.15 Å². The summed E-state index contributed by atoms with van der Waals surface area (Å²) in [5.74, 6) is 2.76. The van der Waals surface area contributed by atoms with Crippen LogP contribution in [0.3, 0.4) is 0 Å². The molecule has 1 atom stereocenters. The average molecular weight is 356 g/mol. The highest BCUT2D eigenvalue weighted by atomic mass is 16.5. The van der Waals surface area contributed by atoms with Crippen LogP contribution in [0, 0.1) is 11.8 Å². The van der Waals surface area contributed by atoms with Gasteiger partial charge in [0.25, 0.3) is 0 Å². The second kappa shape index (κ2) is 8.93. The highest BCUT2D eigenvalue weighted by Gasteiger charge is 2.20. The molecule has 1 aliphatic carbocycles. The predicted octanol–water partition coefficient (Wildman–Crippen LogP) is 5.72. The Hall–Kier alpha value is -2.23. The second-order valence-electron chi connectivity index (χ2n) is 7.20. The van der Waals surface area contributed by atoms with Gasteiger partial charge in [-0.1, -0.05) is 51.2 Å². The van der Waals surface area contributed by atoms with Crippen LogP contribution in [0.4, 0.5) is 0 Å². The Morgan fingerprint density at radius 3 is 2.77 bits per heavy atom. The van der Waals surface area contributed by atoms with Gasteiger partial charge in [0.05, 0.1) is 13.7 Å². The Balaban J connectivity index is 1.55. The molecule has 1 aromatic heterocycles. The largest absolute Gasteiger partial charge is 0.494 e. The average Bonchev–Trinajstić information content (AvgIpc) is 3.18. The molecule has 0 spiro atoms. The number of ether oxygens (including phenoxy) is 2. The fourth-order valence-electron chi connectivity index (χ4n) is 3.74. The standard InChI is InChI=1S/C22H28O4/c1-16(17-7-4-3-5-8-17)13-14-25-19-10-6-9-18(15-19)20-11-12-21(26-20)22(23)24-2/h6,9-12,15-17H,3-5,7-8,13-14H2,1-2H3. The Morgan fingerprint density at radius 2 is 2.00 bits per heavy atom. The van der Waals surface area contributed by atoms with Gasteiger partial charge >= 0.3 is 5.97 Å². The van der Waals surface area contributed by atoms with E-state index in [0.717, 1.165) is 30.3 Å². The van der Waals surface area contributed by atoms with Gasteiger partial charge in [-0.05, 0) is 42.5 Å². The van der Waals surface area contributed by atoms with Gasteiger partial charge in [-0.15, -0.1) is 0 Å². The molecule has 140 valence electrons. The lowest BCUT2D eigenvalue weighted by molar-refractivity contribution is 0.0566. The lowest BCUT2D eigenvalue weighted by Gasteiger charge is -2.27. The minimum absolute atomic E-state index is 0.204. The predicted molar refractivity (Wildman–Crippen MR) is 101 cm³/mol. The highest BCUT2D eigenvalue weighted by Crippen LogP contribution is 2.32. The quantitative estimate of drug-likeness (QED) is 0.595. The minimum atomic E-state index is -0.472. The summed E-state index contributed by atoms with van der Waals surface area (Å²) in [6.45, 7) is 3.08. The molecule has 1 fully saturated rings. The third kappa shape index (κ3) is 4.69. The molecule has 0 radical (unpaired) electrons. The molecule has 0 bridgehead atoms. The van der Waals surface area contributed by atoms with Crippen molar-refractivity contribution in [2.24, 2.45) is 11.8 Å². The molecule has 26 heavy (non-hydrogen) atoms. The number of hydrogen-bond donors (Lipinski definition) is 0. The Morgan fingerprint density at radius 1 is 1.19 bits per heavy atom. The van der Waals surface area contributed by atoms with Crippen LogP contribution < -0.4 is 4.74 Å². The molecule has 1 heterocycles. The minimum Gasteiger partial charge on any atom is -0.494 e. The topological polar surface area (TPSA) is 48.7 Å². The summed E-state index contributed by atoms with van der Waals surface area (Å²) in [6.07, 6.45) is 8.00. The van der Waals surface area contributed by atoms with Crippen molar-refractivity contribution in [1.82, 2.24) is 0 Å². The summed E-state index contributed by atoms with van der Waals surface area (Å²) in [4.78, 5) is 11.5. The smallest absolute Gasteiger partial charge is 0.373 e. The van der Waals surface area contributed by atoms with Gasteiger partial charge in [0.15, 0.2) is 0 Å². The fourth-order valence-corrected chi connectivity index (χ4v) is 3.74. The van der Waals surface area contributed by atoms with Gasteiger partial charge in [0.2, 0.25) is 5.76 Å². The van der Waals surface area contributed by atoms with Crippen LogP contribution in [-0.2, 0) is 4.74 Å². The van der Waals surface area contributed by atoms with E-state index in [1.165, 1.54) is 39.2 Å². The van der Waals surface area contributed by atoms with Crippen molar-refractivity contribution in [3.05, 3.63) is 42.2 Å². The summed E-state index contributed by atoms with van der Waals surface area (Å²) in [6, 6.07) is 11.2. The number of benzene rings is 1. The van der Waals surface area contributed by atoms with Crippen molar-refractivity contribution in [3.63, 3.8) is 0 Å². The third-order valence-electron chi connectivity index (χ3n) is 5.41. The fraction of sp³-hybridized carbons (Fsp3) is 0.500. The van der Waals surface area contributed by atoms with E-state index < -0.39 is 5.97 Å². The lowest BCUT2D eigenvalue weighted by atomic mass is 9.80. The van der Waals surface area contributed by atoms with Crippen molar-refractivity contribution >= 4 is 5.97 Å². The first-order chi connectivity index (χ1) is 12.7. The SMILES string of the molecule is COC(=O)c1ccc(-c2cccc(OCCC(C)C3CCCCC3)c2)o1. The zero-order valence-corrected chi connectivity index (χ0v) is 15.7. The van der Waals surface area contributed by atoms with Crippen LogP contribution in [0.25, 0.3) is 11.3 Å². The molecule has 0 saturated heterocycles. The molecule has 0 amide bonds. The molecule has 1 aromatic carbocycles. The monoisotopic (exact) mass is 356 g/mol. The molecule has 1 saturated carbocycles. The summed E-state index contributed by atoms with van der Waals surface area (Å²) in [5.41, 5.74) is 0.887. The maximum absolute atomic E-state index is 11.5. The molecule has 4 heteroatoms. The van der Waals surface area contributed by atoms with E-state index >= 15 is 0 Å². The molecule has 2 aromatic rings. The lowest BCUT2D eigenvalue weighted by Crippen LogP contribution is -2.17. The molecular formula is C22H28O4. The molecule has 0 N–H and O–H groups in total. The number of furan rings is 1. The maximum atomic E-state index is 11.5. The first-order valence-electron chi connectivity index (χ1n) is 9.59. The van der Waals surface area contributed by atoms with Crippen LogP contribution in [0.15, 0.2) is 40.8 Å². The Kier molecular flexibility index (Phi) is 6.37. The normalized spacial score (nSPS) is 16.2. The molecular weight excluding hydrogens is 328 g/mol. The third-order valence-corrected chi connectivity index (χ3v) is 5.41. The van der Waals surface area contributed by atoms with E-state index in [-0.39, 0.29) is 5.76 Å². The molecule has 0 aliphatic heterocycles. The van der Waals surface area contributed by atoms with Crippen LogP contribution in [0.2, 0.25) is 0 Å². The van der Waals surface area contributed by atoms with Crippen molar-refractivity contribution in [2.45, 2.75) is 45.4 Å². The summed E-state index contributed by atoms with van der Waals surface area (Å²) < 4.78 is 16.2. The van der Waals surface area contributed by atoms with Crippen LogP contribution in [-0.4, -0.2) is 19.7 Å². The van der Waals surface area contributed by atoms with E-state index in [2.05, 4.69) is 11.7 Å². The molecule has 4 nitrogen and oxygen atoms in total. The van der Waals surface area contributed by atoms with Crippen molar-refractivity contribution in [1.29, 1.82) is 0 Å². The first-order valence-corrected chi connectivity index (χ1v) is 9.59. The second-order valence-corrected chi connectivity index (χ2v) is 7.20. The van der Waals surface area contributed by atoms with E-state index in [9.17, 15) is 4.79 Å². The number of carbonyl (C=O) groups excluding carboxylic acids is 1. The van der Waals surface area contributed by atoms with Gasteiger partial charge in [-0.25, -0.2) is 4.79 Å². The van der Waals surface area contributed by atoms with E-state index in [1.54, 1.807) is 12.1 Å². The van der Waals surface area contributed by atoms with Gasteiger partial charge in [0, 0.05) is 5.56 Å². The molecule has 3 rings (SSSR count). The number of rotatable bonds is 7. The van der Waals surface area contributed by atoms with Crippen LogP contribution in [0.1, 0.15) is 56.0 Å². The number of methoxy groups -OCH3 is 1. The van der Waals surface area contributed by atoms with Crippen LogP contribution >= 0.6 is 0 Å². The Labute approximate surface area is 155 Å². The zero-order valence-electron chi connectivity index (χ0n) is 15.7. The van der Waals surface area contributed by atoms with Gasteiger partial charge in [0.1, 0.15) is 11.5 Å². The van der Waals surface area contributed by atoms with Crippen molar-refractivity contribution in [3.8, 4) is 17.1 Å².